The van der Waals surface area contributed by atoms with Gasteiger partial charge in [-0.25, -0.2) is 0 Å². The van der Waals surface area contributed by atoms with E-state index in [1.807, 2.05) is 36.4 Å². The van der Waals surface area contributed by atoms with Gasteiger partial charge in [0.2, 0.25) is 0 Å². The normalized spacial score (nSPS) is 10.4. The van der Waals surface area contributed by atoms with Crippen LogP contribution >= 0.6 is 0 Å². The van der Waals surface area contributed by atoms with Gasteiger partial charge < -0.3 is 14.8 Å². The van der Waals surface area contributed by atoms with Crippen molar-refractivity contribution >= 4 is 16.5 Å². The molecule has 0 atom stereocenters. The molecule has 0 aliphatic carbocycles. The van der Waals surface area contributed by atoms with Crippen LogP contribution in [0.1, 0.15) is 5.56 Å². The lowest BCUT2D eigenvalue weighted by Crippen LogP contribution is -2.12. The van der Waals surface area contributed by atoms with E-state index in [0.29, 0.717) is 25.4 Å². The molecule has 0 saturated heterocycles. The van der Waals surface area contributed by atoms with Crippen LogP contribution in [-0.4, -0.2) is 33.5 Å². The van der Waals surface area contributed by atoms with Gasteiger partial charge >= 0.3 is 0 Å². The van der Waals surface area contributed by atoms with Gasteiger partial charge in [-0.2, -0.15) is 5.26 Å². The fourth-order valence-electron chi connectivity index (χ4n) is 2.05. The molecule has 0 bridgehead atoms. The Balaban J connectivity index is 2.02. The minimum atomic E-state index is 0.603. The summed E-state index contributed by atoms with van der Waals surface area (Å²) in [7, 11) is 1.66. The number of methoxy groups -OCH3 is 1. The molecule has 20 heavy (non-hydrogen) atoms. The predicted octanol–water partition coefficient (Wildman–Crippen LogP) is 2.79. The molecule has 4 nitrogen and oxygen atoms in total. The second-order valence-corrected chi connectivity index (χ2v) is 4.35. The number of anilines is 1. The van der Waals surface area contributed by atoms with E-state index in [1.54, 1.807) is 7.11 Å². The van der Waals surface area contributed by atoms with Crippen LogP contribution in [0.2, 0.25) is 0 Å². The minimum absolute atomic E-state index is 0.603. The van der Waals surface area contributed by atoms with Crippen LogP contribution in [0.25, 0.3) is 10.8 Å². The van der Waals surface area contributed by atoms with Gasteiger partial charge in [0, 0.05) is 30.1 Å². The van der Waals surface area contributed by atoms with Crippen LogP contribution < -0.4 is 5.32 Å². The van der Waals surface area contributed by atoms with Crippen molar-refractivity contribution in [3.8, 4) is 6.07 Å². The van der Waals surface area contributed by atoms with E-state index in [0.717, 1.165) is 23.0 Å². The average molecular weight is 270 g/mol. The molecule has 0 amide bonds. The van der Waals surface area contributed by atoms with Gasteiger partial charge in [0.15, 0.2) is 0 Å². The highest BCUT2D eigenvalue weighted by Gasteiger charge is 2.04. The maximum atomic E-state index is 9.12. The van der Waals surface area contributed by atoms with E-state index in [2.05, 4.69) is 11.4 Å². The summed E-state index contributed by atoms with van der Waals surface area (Å²) >= 11 is 0. The number of nitrogens with zero attached hydrogens (tertiary/aromatic N) is 1. The van der Waals surface area contributed by atoms with E-state index in [1.165, 1.54) is 0 Å². The zero-order valence-electron chi connectivity index (χ0n) is 11.6. The van der Waals surface area contributed by atoms with Crippen molar-refractivity contribution in [1.29, 1.82) is 5.26 Å². The fourth-order valence-corrected chi connectivity index (χ4v) is 2.05. The third kappa shape index (κ3) is 3.47. The second-order valence-electron chi connectivity index (χ2n) is 4.35. The Hall–Kier alpha value is -2.09. The van der Waals surface area contributed by atoms with Gasteiger partial charge in [0.1, 0.15) is 0 Å². The van der Waals surface area contributed by atoms with E-state index in [9.17, 15) is 0 Å². The van der Waals surface area contributed by atoms with Gasteiger partial charge in [-0.05, 0) is 12.1 Å². The lowest BCUT2D eigenvalue weighted by molar-refractivity contribution is 0.0759. The molecule has 1 N–H and O–H groups in total. The van der Waals surface area contributed by atoms with Crippen molar-refractivity contribution in [2.75, 3.05) is 38.8 Å². The molecule has 0 aliphatic heterocycles. The first-order valence-corrected chi connectivity index (χ1v) is 6.59. The summed E-state index contributed by atoms with van der Waals surface area (Å²) in [6.07, 6.45) is 0. The SMILES string of the molecule is COCCOCCNc1ccc(C#N)c2ccccc12. The molecule has 4 heteroatoms. The van der Waals surface area contributed by atoms with Crippen LogP contribution in [0.15, 0.2) is 36.4 Å². The maximum absolute atomic E-state index is 9.12. The number of hydrogen-bond donors (Lipinski definition) is 1. The molecule has 104 valence electrons. The molecule has 2 rings (SSSR count). The smallest absolute Gasteiger partial charge is 0.0998 e. The standard InChI is InChI=1S/C16H18N2O2/c1-19-10-11-20-9-8-18-16-7-6-13(12-17)14-4-2-3-5-15(14)16/h2-7,18H,8-11H2,1H3. The molecule has 0 fully saturated rings. The molecule has 0 saturated carbocycles. The van der Waals surface area contributed by atoms with Crippen molar-refractivity contribution in [3.63, 3.8) is 0 Å². The van der Waals surface area contributed by atoms with Crippen LogP contribution in [0.5, 0.6) is 0 Å². The first kappa shape index (κ1) is 14.3. The topological polar surface area (TPSA) is 54.3 Å². The number of fused-ring (bicyclic) bond motifs is 1. The molecule has 2 aromatic carbocycles. The fraction of sp³-hybridized carbons (Fsp3) is 0.312. The minimum Gasteiger partial charge on any atom is -0.382 e. The summed E-state index contributed by atoms with van der Waals surface area (Å²) in [6, 6.07) is 13.9. The van der Waals surface area contributed by atoms with Gasteiger partial charge in [0.25, 0.3) is 0 Å². The first-order chi connectivity index (χ1) is 9.86. The molecule has 2 aromatic rings. The van der Waals surface area contributed by atoms with E-state index in [-0.39, 0.29) is 0 Å². The highest BCUT2D eigenvalue weighted by Crippen LogP contribution is 2.26. The number of nitriles is 1. The molecule has 0 unspecified atom stereocenters. The quantitative estimate of drug-likeness (QED) is 0.786. The van der Waals surface area contributed by atoms with Crippen LogP contribution in [0, 0.1) is 11.3 Å². The summed E-state index contributed by atoms with van der Waals surface area (Å²) in [5.41, 5.74) is 1.72. The van der Waals surface area contributed by atoms with Gasteiger partial charge in [-0.1, -0.05) is 24.3 Å². The Kier molecular flexibility index (Phi) is 5.36. The summed E-state index contributed by atoms with van der Waals surface area (Å²) in [6.45, 7) is 2.56. The Morgan fingerprint density at radius 3 is 2.60 bits per heavy atom. The molecular weight excluding hydrogens is 252 g/mol. The van der Waals surface area contributed by atoms with Crippen LogP contribution in [0.3, 0.4) is 0 Å². The molecule has 0 heterocycles. The number of ether oxygens (including phenoxy) is 2. The Morgan fingerprint density at radius 2 is 1.85 bits per heavy atom. The first-order valence-electron chi connectivity index (χ1n) is 6.59. The predicted molar refractivity (Wildman–Crippen MR) is 79.8 cm³/mol. The van der Waals surface area contributed by atoms with Gasteiger partial charge in [0.05, 0.1) is 31.5 Å². The van der Waals surface area contributed by atoms with Crippen molar-refractivity contribution in [1.82, 2.24) is 0 Å². The van der Waals surface area contributed by atoms with Crippen LogP contribution in [0.4, 0.5) is 5.69 Å². The molecule has 0 spiro atoms. The molecule has 0 aromatic heterocycles. The third-order valence-corrected chi connectivity index (χ3v) is 3.04. The lowest BCUT2D eigenvalue weighted by Gasteiger charge is -2.11. The lowest BCUT2D eigenvalue weighted by atomic mass is 10.0. The van der Waals surface area contributed by atoms with E-state index in [4.69, 9.17) is 14.7 Å². The van der Waals surface area contributed by atoms with Gasteiger partial charge in [-0.3, -0.25) is 0 Å². The Morgan fingerprint density at radius 1 is 1.05 bits per heavy atom. The van der Waals surface area contributed by atoms with E-state index >= 15 is 0 Å². The average Bonchev–Trinajstić information content (AvgIpc) is 2.50. The summed E-state index contributed by atoms with van der Waals surface area (Å²) in [4.78, 5) is 0. The highest BCUT2D eigenvalue weighted by molar-refractivity contribution is 5.97. The third-order valence-electron chi connectivity index (χ3n) is 3.04. The Bertz CT molecular complexity index is 605. The van der Waals surface area contributed by atoms with Crippen molar-refractivity contribution in [2.45, 2.75) is 0 Å². The zero-order valence-corrected chi connectivity index (χ0v) is 11.6. The molecule has 0 aliphatic rings. The number of rotatable bonds is 7. The Labute approximate surface area is 118 Å². The van der Waals surface area contributed by atoms with Crippen molar-refractivity contribution in [2.24, 2.45) is 0 Å². The summed E-state index contributed by atoms with van der Waals surface area (Å²) in [5, 5.41) is 14.5. The molecular formula is C16H18N2O2. The van der Waals surface area contributed by atoms with Gasteiger partial charge in [-0.15, -0.1) is 0 Å². The van der Waals surface area contributed by atoms with Crippen molar-refractivity contribution < 1.29 is 9.47 Å². The number of nitrogens with one attached hydrogen (secondary N) is 1. The summed E-state index contributed by atoms with van der Waals surface area (Å²) < 4.78 is 10.3. The summed E-state index contributed by atoms with van der Waals surface area (Å²) in [5.74, 6) is 0. The van der Waals surface area contributed by atoms with Crippen molar-refractivity contribution in [3.05, 3.63) is 42.0 Å². The van der Waals surface area contributed by atoms with E-state index < -0.39 is 0 Å². The number of hydrogen-bond acceptors (Lipinski definition) is 4. The number of benzene rings is 2. The maximum Gasteiger partial charge on any atom is 0.0998 e. The van der Waals surface area contributed by atoms with Crippen LogP contribution in [-0.2, 0) is 9.47 Å². The largest absolute Gasteiger partial charge is 0.382 e. The monoisotopic (exact) mass is 270 g/mol. The zero-order chi connectivity index (χ0) is 14.2. The second kappa shape index (κ2) is 7.49. The molecule has 0 radical (unpaired) electrons. The highest BCUT2D eigenvalue weighted by atomic mass is 16.5.